The van der Waals surface area contributed by atoms with E-state index in [-0.39, 0.29) is 0 Å². The summed E-state index contributed by atoms with van der Waals surface area (Å²) in [7, 11) is 0.897. The first kappa shape index (κ1) is 11.1. The van der Waals surface area contributed by atoms with Crippen molar-refractivity contribution in [3.8, 4) is 0 Å². The summed E-state index contributed by atoms with van der Waals surface area (Å²) in [6.45, 7) is 2.02. The second-order valence-electron chi connectivity index (χ2n) is 3.76. The number of hydrogen-bond donors (Lipinski definition) is 0. The minimum absolute atomic E-state index is 0.465. The Kier molecular flexibility index (Phi) is 3.19. The van der Waals surface area contributed by atoms with Crippen molar-refractivity contribution in [3.05, 3.63) is 48.0 Å². The molecule has 1 aromatic carbocycles. The van der Waals surface area contributed by atoms with Crippen molar-refractivity contribution in [1.82, 2.24) is 9.55 Å². The lowest BCUT2D eigenvalue weighted by atomic mass is 10.2. The first-order valence-corrected chi connectivity index (χ1v) is 6.40. The summed E-state index contributed by atoms with van der Waals surface area (Å²) in [6, 6.07) is 7.78. The molecule has 0 amide bonds. The summed E-state index contributed by atoms with van der Waals surface area (Å²) >= 11 is 0. The zero-order valence-corrected chi connectivity index (χ0v) is 10.2. The zero-order valence-electron chi connectivity index (χ0n) is 9.38. The van der Waals surface area contributed by atoms with E-state index < -0.39 is 10.8 Å². The van der Waals surface area contributed by atoms with Crippen LogP contribution in [0.5, 0.6) is 0 Å². The maximum Gasteiger partial charge on any atom is 0.121 e. The van der Waals surface area contributed by atoms with Crippen LogP contribution in [0.1, 0.15) is 11.4 Å². The van der Waals surface area contributed by atoms with E-state index in [1.807, 2.05) is 49.0 Å². The molecule has 0 fully saturated rings. The SMILES string of the molecule is Cc1ccc(S(=O)Cc2nccn2C)cc1. The Hall–Kier alpha value is -1.42. The van der Waals surface area contributed by atoms with Gasteiger partial charge in [0.25, 0.3) is 0 Å². The predicted molar refractivity (Wildman–Crippen MR) is 64.5 cm³/mol. The molecule has 1 atom stereocenters. The van der Waals surface area contributed by atoms with Crippen molar-refractivity contribution < 1.29 is 4.21 Å². The number of imidazole rings is 1. The van der Waals surface area contributed by atoms with Crippen LogP contribution in [0.3, 0.4) is 0 Å². The van der Waals surface area contributed by atoms with Gasteiger partial charge in [-0.2, -0.15) is 0 Å². The fourth-order valence-corrected chi connectivity index (χ4v) is 2.55. The average Bonchev–Trinajstić information content (AvgIpc) is 2.65. The molecule has 1 unspecified atom stereocenters. The predicted octanol–water partition coefficient (Wildman–Crippen LogP) is 2.04. The maximum atomic E-state index is 12.0. The topological polar surface area (TPSA) is 34.9 Å². The van der Waals surface area contributed by atoms with Crippen molar-refractivity contribution in [1.29, 1.82) is 0 Å². The molecule has 0 spiro atoms. The third kappa shape index (κ3) is 2.39. The van der Waals surface area contributed by atoms with E-state index in [4.69, 9.17) is 0 Å². The van der Waals surface area contributed by atoms with Crippen LogP contribution in [0.15, 0.2) is 41.6 Å². The highest BCUT2D eigenvalue weighted by molar-refractivity contribution is 7.84. The molecule has 0 saturated carbocycles. The van der Waals surface area contributed by atoms with Gasteiger partial charge in [0, 0.05) is 24.3 Å². The largest absolute Gasteiger partial charge is 0.337 e. The highest BCUT2D eigenvalue weighted by Crippen LogP contribution is 2.11. The van der Waals surface area contributed by atoms with Gasteiger partial charge >= 0.3 is 0 Å². The Morgan fingerprint density at radius 3 is 2.56 bits per heavy atom. The molecular formula is C12H14N2OS. The van der Waals surface area contributed by atoms with Gasteiger partial charge in [-0.05, 0) is 19.1 Å². The minimum atomic E-state index is -1.01. The lowest BCUT2D eigenvalue weighted by Crippen LogP contribution is -2.03. The van der Waals surface area contributed by atoms with Crippen molar-refractivity contribution in [2.24, 2.45) is 7.05 Å². The van der Waals surface area contributed by atoms with Gasteiger partial charge in [0.2, 0.25) is 0 Å². The summed E-state index contributed by atoms with van der Waals surface area (Å²) < 4.78 is 13.9. The van der Waals surface area contributed by atoms with Gasteiger partial charge in [-0.3, -0.25) is 4.21 Å². The molecule has 0 aliphatic heterocycles. The Morgan fingerprint density at radius 1 is 1.31 bits per heavy atom. The van der Waals surface area contributed by atoms with Gasteiger partial charge < -0.3 is 4.57 Å². The summed E-state index contributed by atoms with van der Waals surface area (Å²) in [4.78, 5) is 5.02. The lowest BCUT2D eigenvalue weighted by Gasteiger charge is -2.03. The molecule has 0 aliphatic rings. The molecular weight excluding hydrogens is 220 g/mol. The summed E-state index contributed by atoms with van der Waals surface area (Å²) in [5.41, 5.74) is 1.18. The first-order valence-electron chi connectivity index (χ1n) is 5.08. The van der Waals surface area contributed by atoms with E-state index >= 15 is 0 Å². The van der Waals surface area contributed by atoms with Crippen LogP contribution in [0.25, 0.3) is 0 Å². The maximum absolute atomic E-state index is 12.0. The molecule has 84 valence electrons. The number of aromatic nitrogens is 2. The molecule has 4 heteroatoms. The third-order valence-corrected chi connectivity index (χ3v) is 3.78. The van der Waals surface area contributed by atoms with Crippen LogP contribution in [-0.2, 0) is 23.6 Å². The second kappa shape index (κ2) is 4.61. The van der Waals surface area contributed by atoms with E-state index in [2.05, 4.69) is 4.98 Å². The molecule has 0 bridgehead atoms. The van der Waals surface area contributed by atoms with E-state index in [1.165, 1.54) is 5.56 Å². The fraction of sp³-hybridized carbons (Fsp3) is 0.250. The summed E-state index contributed by atoms with van der Waals surface area (Å²) in [5.74, 6) is 1.31. The number of benzene rings is 1. The minimum Gasteiger partial charge on any atom is -0.337 e. The highest BCUT2D eigenvalue weighted by Gasteiger charge is 2.07. The van der Waals surface area contributed by atoms with Gasteiger partial charge in [-0.1, -0.05) is 17.7 Å². The Bertz CT molecular complexity index is 502. The van der Waals surface area contributed by atoms with E-state index in [1.54, 1.807) is 6.20 Å². The second-order valence-corrected chi connectivity index (χ2v) is 5.21. The van der Waals surface area contributed by atoms with E-state index in [0.29, 0.717) is 5.75 Å². The Balaban J connectivity index is 2.15. The van der Waals surface area contributed by atoms with Crippen LogP contribution in [-0.4, -0.2) is 13.8 Å². The van der Waals surface area contributed by atoms with Crippen molar-refractivity contribution in [2.75, 3.05) is 0 Å². The molecule has 0 radical (unpaired) electrons. The molecule has 0 N–H and O–H groups in total. The van der Waals surface area contributed by atoms with Crippen LogP contribution in [0.2, 0.25) is 0 Å². The Labute approximate surface area is 97.6 Å². The monoisotopic (exact) mass is 234 g/mol. The molecule has 2 rings (SSSR count). The van der Waals surface area contributed by atoms with Gasteiger partial charge in [-0.15, -0.1) is 0 Å². The average molecular weight is 234 g/mol. The molecule has 16 heavy (non-hydrogen) atoms. The van der Waals surface area contributed by atoms with Crippen LogP contribution >= 0.6 is 0 Å². The fourth-order valence-electron chi connectivity index (χ4n) is 1.43. The van der Waals surface area contributed by atoms with Crippen LogP contribution in [0, 0.1) is 6.92 Å². The molecule has 0 aliphatic carbocycles. The summed E-state index contributed by atoms with van der Waals surface area (Å²) in [5, 5.41) is 0. The molecule has 1 aromatic heterocycles. The summed E-state index contributed by atoms with van der Waals surface area (Å²) in [6.07, 6.45) is 3.59. The van der Waals surface area contributed by atoms with Crippen LogP contribution in [0.4, 0.5) is 0 Å². The Morgan fingerprint density at radius 2 is 2.00 bits per heavy atom. The molecule has 3 nitrogen and oxygen atoms in total. The lowest BCUT2D eigenvalue weighted by molar-refractivity contribution is 0.679. The number of hydrogen-bond acceptors (Lipinski definition) is 2. The standard InChI is InChI=1S/C12H14N2OS/c1-10-3-5-11(6-4-10)16(15)9-12-13-7-8-14(12)2/h3-8H,9H2,1-2H3. The van der Waals surface area contributed by atoms with Gasteiger partial charge in [0.15, 0.2) is 0 Å². The zero-order chi connectivity index (χ0) is 11.5. The van der Waals surface area contributed by atoms with Crippen molar-refractivity contribution in [2.45, 2.75) is 17.6 Å². The normalized spacial score (nSPS) is 12.6. The van der Waals surface area contributed by atoms with Crippen molar-refractivity contribution >= 4 is 10.8 Å². The molecule has 1 heterocycles. The van der Waals surface area contributed by atoms with Gasteiger partial charge in [0.1, 0.15) is 5.82 Å². The van der Waals surface area contributed by atoms with Gasteiger partial charge in [0.05, 0.1) is 16.6 Å². The first-order chi connectivity index (χ1) is 7.66. The number of nitrogens with zero attached hydrogens (tertiary/aromatic N) is 2. The smallest absolute Gasteiger partial charge is 0.121 e. The highest BCUT2D eigenvalue weighted by atomic mass is 32.2. The van der Waals surface area contributed by atoms with Gasteiger partial charge in [-0.25, -0.2) is 4.98 Å². The third-order valence-electron chi connectivity index (χ3n) is 2.47. The molecule has 0 saturated heterocycles. The van der Waals surface area contributed by atoms with E-state index in [9.17, 15) is 4.21 Å². The molecule has 2 aromatic rings. The van der Waals surface area contributed by atoms with E-state index in [0.717, 1.165) is 10.7 Å². The van der Waals surface area contributed by atoms with Crippen LogP contribution < -0.4 is 0 Å². The number of rotatable bonds is 3. The number of aryl methyl sites for hydroxylation is 2. The van der Waals surface area contributed by atoms with Crippen molar-refractivity contribution in [3.63, 3.8) is 0 Å². The quantitative estimate of drug-likeness (QED) is 0.814.